The summed E-state index contributed by atoms with van der Waals surface area (Å²) in [5.41, 5.74) is 0.748. The zero-order valence-corrected chi connectivity index (χ0v) is 16.2. The molecule has 148 valence electrons. The molecule has 0 bridgehead atoms. The van der Waals surface area contributed by atoms with Gasteiger partial charge in [0, 0.05) is 31.7 Å². The Morgan fingerprint density at radius 1 is 0.897 bits per heavy atom. The van der Waals surface area contributed by atoms with E-state index < -0.39 is 11.4 Å². The summed E-state index contributed by atoms with van der Waals surface area (Å²) in [6.45, 7) is 1.37. The van der Waals surface area contributed by atoms with Gasteiger partial charge in [0.15, 0.2) is 0 Å². The number of amides is 2. The number of pyridine rings is 1. The highest BCUT2D eigenvalue weighted by atomic mass is 32.1. The first-order valence-electron chi connectivity index (χ1n) is 9.14. The monoisotopic (exact) mass is 411 g/mol. The first-order chi connectivity index (χ1) is 14.0. The Kier molecular flexibility index (Phi) is 5.26. The number of aromatic nitrogens is 1. The van der Waals surface area contributed by atoms with Crippen LogP contribution in [0.4, 0.5) is 4.39 Å². The number of piperazine rings is 1. The number of rotatable bonds is 3. The molecule has 0 aliphatic carbocycles. The van der Waals surface area contributed by atoms with Crippen molar-refractivity contribution in [3.05, 3.63) is 81.2 Å². The van der Waals surface area contributed by atoms with E-state index in [1.54, 1.807) is 21.9 Å². The Bertz CT molecular complexity index is 1090. The van der Waals surface area contributed by atoms with Crippen molar-refractivity contribution in [1.29, 1.82) is 0 Å². The lowest BCUT2D eigenvalue weighted by Crippen LogP contribution is -2.51. The molecule has 0 spiro atoms. The van der Waals surface area contributed by atoms with Crippen molar-refractivity contribution in [2.24, 2.45) is 0 Å². The minimum Gasteiger partial charge on any atom is -0.335 e. The van der Waals surface area contributed by atoms with E-state index in [0.717, 1.165) is 4.88 Å². The van der Waals surface area contributed by atoms with Gasteiger partial charge in [0.2, 0.25) is 0 Å². The van der Waals surface area contributed by atoms with Crippen molar-refractivity contribution in [3.63, 3.8) is 0 Å². The maximum absolute atomic E-state index is 13.0. The Morgan fingerprint density at radius 2 is 1.55 bits per heavy atom. The summed E-state index contributed by atoms with van der Waals surface area (Å²) in [5.74, 6) is -0.944. The Balaban J connectivity index is 1.42. The molecule has 0 atom stereocenters. The van der Waals surface area contributed by atoms with E-state index in [4.69, 9.17) is 0 Å². The summed E-state index contributed by atoms with van der Waals surface area (Å²) in [4.78, 5) is 44.6. The highest BCUT2D eigenvalue weighted by molar-refractivity contribution is 7.13. The van der Waals surface area contributed by atoms with Gasteiger partial charge < -0.3 is 14.8 Å². The van der Waals surface area contributed by atoms with Gasteiger partial charge in [-0.05, 0) is 47.8 Å². The van der Waals surface area contributed by atoms with E-state index >= 15 is 0 Å². The second-order valence-electron chi connectivity index (χ2n) is 6.68. The third-order valence-corrected chi connectivity index (χ3v) is 5.77. The number of H-pyrrole nitrogens is 1. The fourth-order valence-corrected chi connectivity index (χ4v) is 3.98. The van der Waals surface area contributed by atoms with Gasteiger partial charge in [0.1, 0.15) is 11.4 Å². The van der Waals surface area contributed by atoms with Crippen LogP contribution < -0.4 is 5.56 Å². The lowest BCUT2D eigenvalue weighted by atomic mass is 10.1. The summed E-state index contributed by atoms with van der Waals surface area (Å²) in [7, 11) is 0. The molecule has 1 saturated heterocycles. The highest BCUT2D eigenvalue weighted by Gasteiger charge is 2.26. The van der Waals surface area contributed by atoms with Crippen LogP contribution in [0.3, 0.4) is 0 Å². The predicted molar refractivity (Wildman–Crippen MR) is 109 cm³/mol. The number of thiophene rings is 1. The highest BCUT2D eigenvalue weighted by Crippen LogP contribution is 2.21. The van der Waals surface area contributed by atoms with Crippen LogP contribution in [0, 0.1) is 5.82 Å². The van der Waals surface area contributed by atoms with Crippen molar-refractivity contribution in [1.82, 2.24) is 14.8 Å². The molecular formula is C21H18FN3O3S. The summed E-state index contributed by atoms with van der Waals surface area (Å²) in [6, 6.07) is 12.5. The standard InChI is InChI=1S/C21H18FN3O3S/c22-15-5-3-14(4-6-15)20(27)24-9-11-25(12-10-24)21(28)16-7-8-17(23-19(16)26)18-2-1-13-29-18/h1-8,13H,9-12H2,(H,23,26). The maximum Gasteiger partial charge on any atom is 0.261 e. The number of halogens is 1. The van der Waals surface area contributed by atoms with Gasteiger partial charge in [-0.2, -0.15) is 0 Å². The zero-order valence-electron chi connectivity index (χ0n) is 15.4. The maximum atomic E-state index is 13.0. The topological polar surface area (TPSA) is 73.5 Å². The zero-order chi connectivity index (χ0) is 20.4. The Hall–Kier alpha value is -3.26. The second kappa shape index (κ2) is 8.00. The SMILES string of the molecule is O=C(c1ccc(F)cc1)N1CCN(C(=O)c2ccc(-c3cccs3)[nH]c2=O)CC1. The number of carbonyl (C=O) groups excluding carboxylic acids is 2. The lowest BCUT2D eigenvalue weighted by Gasteiger charge is -2.34. The molecule has 8 heteroatoms. The molecule has 1 aromatic carbocycles. The fraction of sp³-hybridized carbons (Fsp3) is 0.190. The average Bonchev–Trinajstić information content (AvgIpc) is 3.28. The number of benzene rings is 1. The van der Waals surface area contributed by atoms with Crippen LogP contribution in [0.1, 0.15) is 20.7 Å². The summed E-state index contributed by atoms with van der Waals surface area (Å²) < 4.78 is 13.0. The van der Waals surface area contributed by atoms with Crippen LogP contribution in [-0.2, 0) is 0 Å². The van der Waals surface area contributed by atoms with E-state index in [1.165, 1.54) is 35.6 Å². The summed E-state index contributed by atoms with van der Waals surface area (Å²) in [6.07, 6.45) is 0. The van der Waals surface area contributed by atoms with Gasteiger partial charge in [0.05, 0.1) is 10.6 Å². The van der Waals surface area contributed by atoms with Crippen LogP contribution >= 0.6 is 11.3 Å². The van der Waals surface area contributed by atoms with Gasteiger partial charge in [-0.25, -0.2) is 4.39 Å². The normalized spacial score (nSPS) is 14.1. The molecule has 1 aliphatic heterocycles. The number of aromatic amines is 1. The van der Waals surface area contributed by atoms with Crippen LogP contribution in [0.2, 0.25) is 0 Å². The number of carbonyl (C=O) groups is 2. The minimum absolute atomic E-state index is 0.0867. The number of nitrogens with one attached hydrogen (secondary N) is 1. The lowest BCUT2D eigenvalue weighted by molar-refractivity contribution is 0.0534. The van der Waals surface area contributed by atoms with E-state index in [1.807, 2.05) is 17.5 Å². The quantitative estimate of drug-likeness (QED) is 0.720. The number of hydrogen-bond acceptors (Lipinski definition) is 4. The molecule has 0 saturated carbocycles. The van der Waals surface area contributed by atoms with Gasteiger partial charge in [-0.15, -0.1) is 11.3 Å². The predicted octanol–water partition coefficient (Wildman–Crippen LogP) is 2.84. The van der Waals surface area contributed by atoms with Crippen molar-refractivity contribution >= 4 is 23.2 Å². The van der Waals surface area contributed by atoms with E-state index in [9.17, 15) is 18.8 Å². The second-order valence-corrected chi connectivity index (χ2v) is 7.63. The molecular weight excluding hydrogens is 393 g/mol. The molecule has 2 aromatic heterocycles. The molecule has 1 fully saturated rings. The third kappa shape index (κ3) is 3.97. The smallest absolute Gasteiger partial charge is 0.261 e. The number of nitrogens with zero attached hydrogens (tertiary/aromatic N) is 2. The summed E-state index contributed by atoms with van der Waals surface area (Å²) >= 11 is 1.51. The van der Waals surface area contributed by atoms with E-state index in [-0.39, 0.29) is 17.4 Å². The Labute approximate surface area is 170 Å². The minimum atomic E-state index is -0.425. The molecule has 1 N–H and O–H groups in total. The van der Waals surface area contributed by atoms with Crippen molar-refractivity contribution in [2.45, 2.75) is 0 Å². The van der Waals surface area contributed by atoms with Gasteiger partial charge >= 0.3 is 0 Å². The van der Waals surface area contributed by atoms with Crippen LogP contribution in [-0.4, -0.2) is 52.8 Å². The van der Waals surface area contributed by atoms with E-state index in [0.29, 0.717) is 37.4 Å². The van der Waals surface area contributed by atoms with Crippen molar-refractivity contribution in [3.8, 4) is 10.6 Å². The Morgan fingerprint density at radius 3 is 2.14 bits per heavy atom. The molecule has 6 nitrogen and oxygen atoms in total. The van der Waals surface area contributed by atoms with E-state index in [2.05, 4.69) is 4.98 Å². The molecule has 4 rings (SSSR count). The van der Waals surface area contributed by atoms with Gasteiger partial charge in [-0.3, -0.25) is 14.4 Å². The van der Waals surface area contributed by atoms with Crippen LogP contribution in [0.25, 0.3) is 10.6 Å². The largest absolute Gasteiger partial charge is 0.335 e. The summed E-state index contributed by atoms with van der Waals surface area (Å²) in [5, 5.41) is 1.92. The first-order valence-corrected chi connectivity index (χ1v) is 10.0. The van der Waals surface area contributed by atoms with Crippen molar-refractivity contribution < 1.29 is 14.0 Å². The number of hydrogen-bond donors (Lipinski definition) is 1. The molecule has 2 amide bonds. The molecule has 0 radical (unpaired) electrons. The average molecular weight is 411 g/mol. The van der Waals surface area contributed by atoms with Crippen LogP contribution in [0.5, 0.6) is 0 Å². The fourth-order valence-electron chi connectivity index (χ4n) is 3.28. The van der Waals surface area contributed by atoms with Crippen molar-refractivity contribution in [2.75, 3.05) is 26.2 Å². The van der Waals surface area contributed by atoms with Crippen LogP contribution in [0.15, 0.2) is 58.7 Å². The molecule has 29 heavy (non-hydrogen) atoms. The first kappa shape index (κ1) is 19.1. The van der Waals surface area contributed by atoms with Gasteiger partial charge in [-0.1, -0.05) is 6.07 Å². The molecule has 3 heterocycles. The van der Waals surface area contributed by atoms with Gasteiger partial charge in [0.25, 0.3) is 17.4 Å². The third-order valence-electron chi connectivity index (χ3n) is 4.87. The molecule has 1 aliphatic rings. The molecule has 0 unspecified atom stereocenters. The molecule has 3 aromatic rings.